The number of hydrogen-bond donors (Lipinski definition) is 1. The lowest BCUT2D eigenvalue weighted by molar-refractivity contribution is -0.123. The van der Waals surface area contributed by atoms with Gasteiger partial charge in [0.25, 0.3) is 5.91 Å². The number of para-hydroxylation sites is 1. The van der Waals surface area contributed by atoms with Gasteiger partial charge in [0.1, 0.15) is 11.3 Å². The molecule has 0 aliphatic rings. The molecule has 1 heterocycles. The summed E-state index contributed by atoms with van der Waals surface area (Å²) in [6.45, 7) is 1.74. The van der Waals surface area contributed by atoms with Crippen molar-refractivity contribution in [3.63, 3.8) is 0 Å². The highest BCUT2D eigenvalue weighted by Gasteiger charge is 2.14. The number of carbonyl (C=O) groups excluding carboxylic acids is 1. The van der Waals surface area contributed by atoms with Gasteiger partial charge in [-0.3, -0.25) is 4.79 Å². The van der Waals surface area contributed by atoms with E-state index in [9.17, 15) is 9.59 Å². The van der Waals surface area contributed by atoms with Crippen molar-refractivity contribution < 1.29 is 13.9 Å². The highest BCUT2D eigenvalue weighted by Crippen LogP contribution is 2.25. The molecular formula is C23H19NO4. The molecule has 1 amide bonds. The van der Waals surface area contributed by atoms with Crippen LogP contribution < -0.4 is 15.7 Å². The summed E-state index contributed by atoms with van der Waals surface area (Å²) >= 11 is 0. The van der Waals surface area contributed by atoms with Crippen LogP contribution in [0.25, 0.3) is 21.7 Å². The Labute approximate surface area is 161 Å². The number of carbonyl (C=O) groups is 1. The standard InChI is InChI=1S/C23H19NO4/c1-15(17-11-6-8-16-7-2-3-9-18(16)17)24-22(25)14-27-21-13-23(26)28-20-12-5-4-10-19(20)21/h2-13,15H,14H2,1H3,(H,24,25)/t15-/m1/s1. The zero-order chi connectivity index (χ0) is 19.5. The number of benzene rings is 3. The maximum Gasteiger partial charge on any atom is 0.339 e. The molecule has 0 aliphatic carbocycles. The van der Waals surface area contributed by atoms with Crippen molar-refractivity contribution in [2.24, 2.45) is 0 Å². The Morgan fingerprint density at radius 3 is 2.57 bits per heavy atom. The topological polar surface area (TPSA) is 68.5 Å². The Balaban J connectivity index is 1.48. The van der Waals surface area contributed by atoms with Crippen LogP contribution in [-0.4, -0.2) is 12.5 Å². The predicted molar refractivity (Wildman–Crippen MR) is 108 cm³/mol. The van der Waals surface area contributed by atoms with E-state index in [1.807, 2.05) is 55.5 Å². The molecule has 5 nitrogen and oxygen atoms in total. The molecule has 140 valence electrons. The van der Waals surface area contributed by atoms with Gasteiger partial charge in [-0.2, -0.15) is 0 Å². The van der Waals surface area contributed by atoms with Crippen molar-refractivity contribution in [2.45, 2.75) is 13.0 Å². The van der Waals surface area contributed by atoms with Crippen molar-refractivity contribution in [3.8, 4) is 5.75 Å². The number of amides is 1. The van der Waals surface area contributed by atoms with Crippen LogP contribution in [0, 0.1) is 0 Å². The van der Waals surface area contributed by atoms with E-state index in [0.29, 0.717) is 16.7 Å². The Kier molecular flexibility index (Phi) is 4.81. The molecule has 0 spiro atoms. The van der Waals surface area contributed by atoms with E-state index in [0.717, 1.165) is 16.3 Å². The summed E-state index contributed by atoms with van der Waals surface area (Å²) in [6, 6.07) is 22.2. The second-order valence-corrected chi connectivity index (χ2v) is 6.57. The van der Waals surface area contributed by atoms with Gasteiger partial charge in [0.05, 0.1) is 17.5 Å². The first-order valence-corrected chi connectivity index (χ1v) is 9.04. The van der Waals surface area contributed by atoms with Gasteiger partial charge in [0, 0.05) is 0 Å². The first-order chi connectivity index (χ1) is 13.6. The lowest BCUT2D eigenvalue weighted by Crippen LogP contribution is -2.31. The van der Waals surface area contributed by atoms with E-state index in [4.69, 9.17) is 9.15 Å². The normalized spacial score (nSPS) is 12.0. The van der Waals surface area contributed by atoms with Gasteiger partial charge in [0.15, 0.2) is 6.61 Å². The van der Waals surface area contributed by atoms with Crippen molar-refractivity contribution in [1.29, 1.82) is 0 Å². The van der Waals surface area contributed by atoms with Crippen molar-refractivity contribution in [3.05, 3.63) is 88.8 Å². The van der Waals surface area contributed by atoms with E-state index in [-0.39, 0.29) is 18.6 Å². The van der Waals surface area contributed by atoms with E-state index in [2.05, 4.69) is 5.32 Å². The highest BCUT2D eigenvalue weighted by atomic mass is 16.5. The fraction of sp³-hybridized carbons (Fsp3) is 0.130. The summed E-state index contributed by atoms with van der Waals surface area (Å²) in [7, 11) is 0. The van der Waals surface area contributed by atoms with Gasteiger partial charge < -0.3 is 14.5 Å². The van der Waals surface area contributed by atoms with Gasteiger partial charge in [-0.15, -0.1) is 0 Å². The SMILES string of the molecule is C[C@@H](NC(=O)COc1cc(=O)oc2ccccc12)c1cccc2ccccc12. The van der Waals surface area contributed by atoms with Gasteiger partial charge in [-0.05, 0) is 35.4 Å². The average molecular weight is 373 g/mol. The highest BCUT2D eigenvalue weighted by molar-refractivity contribution is 5.87. The lowest BCUT2D eigenvalue weighted by Gasteiger charge is -2.17. The van der Waals surface area contributed by atoms with E-state index >= 15 is 0 Å². The number of hydrogen-bond acceptors (Lipinski definition) is 4. The Bertz CT molecular complexity index is 1210. The van der Waals surface area contributed by atoms with Crippen LogP contribution in [0.1, 0.15) is 18.5 Å². The summed E-state index contributed by atoms with van der Waals surface area (Å²) in [6.07, 6.45) is 0. The molecule has 0 fully saturated rings. The van der Waals surface area contributed by atoms with Crippen molar-refractivity contribution in [1.82, 2.24) is 5.32 Å². The van der Waals surface area contributed by atoms with Crippen LogP contribution in [0.3, 0.4) is 0 Å². The molecule has 1 N–H and O–H groups in total. The quantitative estimate of drug-likeness (QED) is 0.532. The van der Waals surface area contributed by atoms with Crippen LogP contribution in [0.4, 0.5) is 0 Å². The van der Waals surface area contributed by atoms with E-state index < -0.39 is 5.63 Å². The fourth-order valence-electron chi connectivity index (χ4n) is 3.33. The molecule has 3 aromatic carbocycles. The smallest absolute Gasteiger partial charge is 0.339 e. The van der Waals surface area contributed by atoms with Crippen molar-refractivity contribution >= 4 is 27.6 Å². The summed E-state index contributed by atoms with van der Waals surface area (Å²) in [5.41, 5.74) is 0.949. The predicted octanol–water partition coefficient (Wildman–Crippen LogP) is 4.20. The summed E-state index contributed by atoms with van der Waals surface area (Å²) in [5.74, 6) is 0.0672. The van der Waals surface area contributed by atoms with Crippen molar-refractivity contribution in [2.75, 3.05) is 6.61 Å². The molecule has 0 saturated heterocycles. The Morgan fingerprint density at radius 2 is 1.71 bits per heavy atom. The van der Waals surface area contributed by atoms with Crippen LogP contribution in [0.2, 0.25) is 0 Å². The molecule has 0 bridgehead atoms. The lowest BCUT2D eigenvalue weighted by atomic mass is 10.00. The molecule has 4 aromatic rings. The van der Waals surface area contributed by atoms with Gasteiger partial charge in [-0.25, -0.2) is 4.79 Å². The molecular weight excluding hydrogens is 354 g/mol. The monoisotopic (exact) mass is 373 g/mol. The minimum absolute atomic E-state index is 0.181. The summed E-state index contributed by atoms with van der Waals surface area (Å²) in [4.78, 5) is 24.1. The second-order valence-electron chi connectivity index (χ2n) is 6.57. The Hall–Kier alpha value is -3.60. The molecule has 0 unspecified atom stereocenters. The first-order valence-electron chi connectivity index (χ1n) is 9.04. The minimum atomic E-state index is -0.516. The maximum absolute atomic E-state index is 12.4. The molecule has 1 atom stereocenters. The summed E-state index contributed by atoms with van der Waals surface area (Å²) in [5, 5.41) is 5.83. The number of nitrogens with one attached hydrogen (secondary N) is 1. The maximum atomic E-state index is 12.4. The zero-order valence-corrected chi connectivity index (χ0v) is 15.3. The Morgan fingerprint density at radius 1 is 1.00 bits per heavy atom. The second kappa shape index (κ2) is 7.56. The molecule has 4 rings (SSSR count). The number of fused-ring (bicyclic) bond motifs is 2. The third kappa shape index (κ3) is 3.60. The van der Waals surface area contributed by atoms with Crippen LogP contribution >= 0.6 is 0 Å². The molecule has 0 radical (unpaired) electrons. The largest absolute Gasteiger partial charge is 0.483 e. The molecule has 1 aromatic heterocycles. The molecule has 28 heavy (non-hydrogen) atoms. The molecule has 5 heteroatoms. The summed E-state index contributed by atoms with van der Waals surface area (Å²) < 4.78 is 10.8. The molecule has 0 saturated carbocycles. The van der Waals surface area contributed by atoms with E-state index in [1.165, 1.54) is 6.07 Å². The van der Waals surface area contributed by atoms with Gasteiger partial charge >= 0.3 is 5.63 Å². The van der Waals surface area contributed by atoms with Crippen LogP contribution in [0.5, 0.6) is 5.75 Å². The average Bonchev–Trinajstić information content (AvgIpc) is 2.71. The fourth-order valence-corrected chi connectivity index (χ4v) is 3.33. The van der Waals surface area contributed by atoms with Crippen LogP contribution in [0.15, 0.2) is 82.0 Å². The molecule has 0 aliphatic heterocycles. The number of ether oxygens (including phenoxy) is 1. The van der Waals surface area contributed by atoms with E-state index in [1.54, 1.807) is 18.2 Å². The minimum Gasteiger partial charge on any atom is -0.483 e. The third-order valence-electron chi connectivity index (χ3n) is 4.64. The van der Waals surface area contributed by atoms with Gasteiger partial charge in [0.2, 0.25) is 0 Å². The van der Waals surface area contributed by atoms with Crippen LogP contribution in [-0.2, 0) is 4.79 Å². The first kappa shape index (κ1) is 17.8. The third-order valence-corrected chi connectivity index (χ3v) is 4.64. The zero-order valence-electron chi connectivity index (χ0n) is 15.3. The van der Waals surface area contributed by atoms with Gasteiger partial charge in [-0.1, -0.05) is 54.6 Å². The number of rotatable bonds is 5.